The zero-order valence-corrected chi connectivity index (χ0v) is 19.3. The third-order valence-electron chi connectivity index (χ3n) is 6.04. The van der Waals surface area contributed by atoms with Gasteiger partial charge in [0, 0.05) is 37.6 Å². The molecule has 0 unspecified atom stereocenters. The van der Waals surface area contributed by atoms with Gasteiger partial charge in [-0.15, -0.1) is 0 Å². The number of anilines is 2. The second-order valence-electron chi connectivity index (χ2n) is 8.58. The molecule has 31 heavy (non-hydrogen) atoms. The first-order valence-electron chi connectivity index (χ1n) is 10.9. The molecule has 1 saturated heterocycles. The van der Waals surface area contributed by atoms with E-state index in [1.54, 1.807) is 0 Å². The molecular formula is C25H34N4O2. The molecule has 0 atom stereocenters. The molecule has 0 spiro atoms. The third-order valence-corrected chi connectivity index (χ3v) is 6.04. The van der Waals surface area contributed by atoms with Gasteiger partial charge in [-0.1, -0.05) is 29.8 Å². The molecule has 0 aromatic heterocycles. The van der Waals surface area contributed by atoms with E-state index in [-0.39, 0.29) is 18.4 Å². The van der Waals surface area contributed by atoms with Crippen molar-refractivity contribution in [2.75, 3.05) is 49.5 Å². The summed E-state index contributed by atoms with van der Waals surface area (Å²) in [5, 5.41) is 5.68. The Morgan fingerprint density at radius 2 is 1.52 bits per heavy atom. The Morgan fingerprint density at radius 3 is 2.16 bits per heavy atom. The van der Waals surface area contributed by atoms with Crippen molar-refractivity contribution in [1.82, 2.24) is 10.2 Å². The van der Waals surface area contributed by atoms with Crippen molar-refractivity contribution in [3.63, 3.8) is 0 Å². The molecule has 1 heterocycles. The maximum absolute atomic E-state index is 12.4. The van der Waals surface area contributed by atoms with Crippen molar-refractivity contribution < 1.29 is 9.59 Å². The Labute approximate surface area is 185 Å². The van der Waals surface area contributed by atoms with Crippen LogP contribution in [0.1, 0.15) is 27.8 Å². The van der Waals surface area contributed by atoms with Gasteiger partial charge < -0.3 is 15.5 Å². The summed E-state index contributed by atoms with van der Waals surface area (Å²) in [5.41, 5.74) is 7.94. The van der Waals surface area contributed by atoms with Crippen LogP contribution in [0.4, 0.5) is 11.4 Å². The molecule has 2 amide bonds. The molecule has 2 N–H and O–H groups in total. The molecule has 1 fully saturated rings. The quantitative estimate of drug-likeness (QED) is 0.751. The van der Waals surface area contributed by atoms with Gasteiger partial charge in [-0.05, 0) is 62.9 Å². The highest BCUT2D eigenvalue weighted by Crippen LogP contribution is 2.24. The normalized spacial score (nSPS) is 14.4. The molecule has 0 radical (unpaired) electrons. The summed E-state index contributed by atoms with van der Waals surface area (Å²) in [6.45, 7) is 14.0. The van der Waals surface area contributed by atoms with E-state index in [1.807, 2.05) is 32.9 Å². The molecule has 2 aromatic rings. The van der Waals surface area contributed by atoms with Gasteiger partial charge in [0.05, 0.1) is 13.1 Å². The van der Waals surface area contributed by atoms with Crippen molar-refractivity contribution >= 4 is 23.2 Å². The van der Waals surface area contributed by atoms with Crippen LogP contribution >= 0.6 is 0 Å². The lowest BCUT2D eigenvalue weighted by molar-refractivity contribution is -0.125. The van der Waals surface area contributed by atoms with Crippen LogP contribution in [-0.4, -0.2) is 56.0 Å². The van der Waals surface area contributed by atoms with Crippen molar-refractivity contribution in [3.05, 3.63) is 58.1 Å². The average Bonchev–Trinajstić information content (AvgIpc) is 2.72. The summed E-state index contributed by atoms with van der Waals surface area (Å²) >= 11 is 0. The number of benzene rings is 2. The molecule has 1 aliphatic heterocycles. The number of hydrogen-bond acceptors (Lipinski definition) is 4. The van der Waals surface area contributed by atoms with E-state index in [2.05, 4.69) is 52.5 Å². The number of aryl methyl sites for hydroxylation is 4. The van der Waals surface area contributed by atoms with E-state index < -0.39 is 0 Å². The summed E-state index contributed by atoms with van der Waals surface area (Å²) in [7, 11) is 0. The molecule has 6 heteroatoms. The number of amides is 2. The van der Waals surface area contributed by atoms with Crippen LogP contribution in [0.25, 0.3) is 0 Å². The zero-order chi connectivity index (χ0) is 22.5. The second kappa shape index (κ2) is 9.96. The monoisotopic (exact) mass is 422 g/mol. The molecule has 0 aliphatic carbocycles. The van der Waals surface area contributed by atoms with Crippen molar-refractivity contribution in [2.45, 2.75) is 34.6 Å². The first kappa shape index (κ1) is 22.8. The van der Waals surface area contributed by atoms with E-state index in [9.17, 15) is 9.59 Å². The maximum Gasteiger partial charge on any atom is 0.243 e. The number of hydrogen-bond donors (Lipinski definition) is 2. The van der Waals surface area contributed by atoms with Crippen LogP contribution in [0.2, 0.25) is 0 Å². The number of rotatable bonds is 6. The van der Waals surface area contributed by atoms with E-state index in [1.165, 1.54) is 22.4 Å². The summed E-state index contributed by atoms with van der Waals surface area (Å²) in [6, 6.07) is 10.5. The summed E-state index contributed by atoms with van der Waals surface area (Å²) in [6.07, 6.45) is 0. The fourth-order valence-corrected chi connectivity index (χ4v) is 4.22. The van der Waals surface area contributed by atoms with Gasteiger partial charge in [0.25, 0.3) is 0 Å². The van der Waals surface area contributed by atoms with Gasteiger partial charge in [0.2, 0.25) is 11.8 Å². The highest BCUT2D eigenvalue weighted by molar-refractivity contribution is 5.96. The van der Waals surface area contributed by atoms with E-state index in [0.717, 1.165) is 43.0 Å². The molecule has 6 nitrogen and oxygen atoms in total. The fraction of sp³-hybridized carbons (Fsp3) is 0.440. The molecule has 166 valence electrons. The Morgan fingerprint density at radius 1 is 0.871 bits per heavy atom. The van der Waals surface area contributed by atoms with E-state index in [0.29, 0.717) is 6.54 Å². The lowest BCUT2D eigenvalue weighted by Crippen LogP contribution is -2.50. The Balaban J connectivity index is 1.43. The van der Waals surface area contributed by atoms with Crippen LogP contribution in [-0.2, 0) is 9.59 Å². The molecular weight excluding hydrogens is 388 g/mol. The number of nitrogens with zero attached hydrogens (tertiary/aromatic N) is 2. The highest BCUT2D eigenvalue weighted by atomic mass is 16.2. The van der Waals surface area contributed by atoms with Gasteiger partial charge in [-0.2, -0.15) is 0 Å². The number of nitrogens with one attached hydrogen (secondary N) is 2. The lowest BCUT2D eigenvalue weighted by Gasteiger charge is -2.36. The van der Waals surface area contributed by atoms with Gasteiger partial charge in [0.1, 0.15) is 0 Å². The predicted octanol–water partition coefficient (Wildman–Crippen LogP) is 3.11. The maximum atomic E-state index is 12.4. The second-order valence-corrected chi connectivity index (χ2v) is 8.58. The van der Waals surface area contributed by atoms with Crippen LogP contribution in [0.15, 0.2) is 30.3 Å². The minimum absolute atomic E-state index is 0.0198. The molecule has 0 saturated carbocycles. The van der Waals surface area contributed by atoms with E-state index >= 15 is 0 Å². The van der Waals surface area contributed by atoms with Crippen LogP contribution in [0.3, 0.4) is 0 Å². The Bertz CT molecular complexity index is 939. The van der Waals surface area contributed by atoms with E-state index in [4.69, 9.17) is 0 Å². The van der Waals surface area contributed by atoms with Crippen molar-refractivity contribution in [1.29, 1.82) is 0 Å². The van der Waals surface area contributed by atoms with Crippen LogP contribution in [0.5, 0.6) is 0 Å². The minimum Gasteiger partial charge on any atom is -0.369 e. The molecule has 1 aliphatic rings. The lowest BCUT2D eigenvalue weighted by atomic mass is 10.1. The van der Waals surface area contributed by atoms with Gasteiger partial charge in [-0.3, -0.25) is 14.5 Å². The van der Waals surface area contributed by atoms with Gasteiger partial charge >= 0.3 is 0 Å². The number of carbonyl (C=O) groups is 2. The summed E-state index contributed by atoms with van der Waals surface area (Å²) in [5.74, 6) is -0.323. The Kier molecular flexibility index (Phi) is 7.33. The van der Waals surface area contributed by atoms with Gasteiger partial charge in [0.15, 0.2) is 0 Å². The largest absolute Gasteiger partial charge is 0.369 e. The smallest absolute Gasteiger partial charge is 0.243 e. The topological polar surface area (TPSA) is 64.7 Å². The SMILES string of the molecule is Cc1cc(C)c(NC(=O)CNC(=O)CN2CCN(c3cccc(C)c3C)CC2)c(C)c1. The van der Waals surface area contributed by atoms with Gasteiger partial charge in [-0.25, -0.2) is 0 Å². The summed E-state index contributed by atoms with van der Waals surface area (Å²) < 4.78 is 0. The molecule has 3 rings (SSSR count). The summed E-state index contributed by atoms with van der Waals surface area (Å²) in [4.78, 5) is 29.2. The first-order valence-corrected chi connectivity index (χ1v) is 10.9. The zero-order valence-electron chi connectivity index (χ0n) is 19.3. The average molecular weight is 423 g/mol. The minimum atomic E-state index is -0.205. The first-order chi connectivity index (χ1) is 14.7. The number of carbonyl (C=O) groups excluding carboxylic acids is 2. The van der Waals surface area contributed by atoms with Crippen LogP contribution < -0.4 is 15.5 Å². The Hall–Kier alpha value is -2.86. The number of piperazine rings is 1. The standard InChI is InChI=1S/C25H34N4O2/c1-17-13-19(3)25(20(4)14-17)27-23(30)15-26-24(31)16-28-9-11-29(12-10-28)22-8-6-7-18(2)21(22)5/h6-8,13-14H,9-12,15-16H2,1-5H3,(H,26,31)(H,27,30). The predicted molar refractivity (Wildman–Crippen MR) is 127 cm³/mol. The van der Waals surface area contributed by atoms with Crippen molar-refractivity contribution in [2.24, 2.45) is 0 Å². The van der Waals surface area contributed by atoms with Crippen molar-refractivity contribution in [3.8, 4) is 0 Å². The third kappa shape index (κ3) is 5.85. The molecule has 2 aromatic carbocycles. The van der Waals surface area contributed by atoms with Crippen LogP contribution in [0, 0.1) is 34.6 Å². The highest BCUT2D eigenvalue weighted by Gasteiger charge is 2.20. The molecule has 0 bridgehead atoms. The fourth-order valence-electron chi connectivity index (χ4n) is 4.22.